The van der Waals surface area contributed by atoms with Crippen molar-refractivity contribution in [3.63, 3.8) is 0 Å². The summed E-state index contributed by atoms with van der Waals surface area (Å²) in [6, 6.07) is 8.94. The fourth-order valence-electron chi connectivity index (χ4n) is 2.07. The molecule has 1 aromatic rings. The summed E-state index contributed by atoms with van der Waals surface area (Å²) in [5, 5.41) is 0. The van der Waals surface area contributed by atoms with Crippen molar-refractivity contribution in [2.24, 2.45) is 11.8 Å². The van der Waals surface area contributed by atoms with Gasteiger partial charge >= 0.3 is 0 Å². The largest absolute Gasteiger partial charge is 0.130 e. The van der Waals surface area contributed by atoms with Gasteiger partial charge in [-0.3, -0.25) is 0 Å². The Hall–Kier alpha value is -0.0800. The van der Waals surface area contributed by atoms with Crippen LogP contribution >= 0.6 is 23.5 Å². The highest BCUT2D eigenvalue weighted by molar-refractivity contribution is 7.99. The van der Waals surface area contributed by atoms with Gasteiger partial charge < -0.3 is 0 Å². The van der Waals surface area contributed by atoms with E-state index in [4.69, 9.17) is 0 Å². The SMILES string of the molecule is CC.CSc1ccc(SCCC(C)CCCC(C)C)cc1. The molecule has 0 heterocycles. The van der Waals surface area contributed by atoms with Gasteiger partial charge in [0.15, 0.2) is 0 Å². The van der Waals surface area contributed by atoms with Crippen LogP contribution in [0, 0.1) is 11.8 Å². The fourth-order valence-corrected chi connectivity index (χ4v) is 3.56. The summed E-state index contributed by atoms with van der Waals surface area (Å²) in [5.74, 6) is 2.98. The molecule has 0 aliphatic carbocycles. The molecule has 122 valence electrons. The molecule has 21 heavy (non-hydrogen) atoms. The first kappa shape index (κ1) is 20.9. The molecular weight excluding hydrogens is 292 g/mol. The summed E-state index contributed by atoms with van der Waals surface area (Å²) in [7, 11) is 0. The zero-order valence-electron chi connectivity index (χ0n) is 14.8. The zero-order chi connectivity index (χ0) is 16.1. The standard InChI is InChI=1S/C17H28S2.C2H6/c1-14(2)6-5-7-15(3)12-13-19-17-10-8-16(18-4)9-11-17;1-2/h8-11,14-15H,5-7,12-13H2,1-4H3;1-2H3. The normalized spacial score (nSPS) is 12.0. The number of rotatable bonds is 9. The van der Waals surface area contributed by atoms with Crippen molar-refractivity contribution in [3.05, 3.63) is 24.3 Å². The van der Waals surface area contributed by atoms with Gasteiger partial charge in [-0.25, -0.2) is 0 Å². The summed E-state index contributed by atoms with van der Waals surface area (Å²) in [5.41, 5.74) is 0. The molecule has 1 unspecified atom stereocenters. The quantitative estimate of drug-likeness (QED) is 0.434. The Morgan fingerprint density at radius 3 is 1.95 bits per heavy atom. The summed E-state index contributed by atoms with van der Waals surface area (Å²) in [6.45, 7) is 11.0. The molecule has 0 aromatic heterocycles. The summed E-state index contributed by atoms with van der Waals surface area (Å²) < 4.78 is 0. The van der Waals surface area contributed by atoms with Gasteiger partial charge in [0.2, 0.25) is 0 Å². The molecule has 0 fully saturated rings. The van der Waals surface area contributed by atoms with E-state index in [0.29, 0.717) is 0 Å². The van der Waals surface area contributed by atoms with E-state index in [1.54, 1.807) is 0 Å². The maximum Gasteiger partial charge on any atom is 0.00727 e. The number of hydrogen-bond donors (Lipinski definition) is 0. The summed E-state index contributed by atoms with van der Waals surface area (Å²) in [6.07, 6.45) is 7.64. The molecule has 0 bridgehead atoms. The molecule has 0 aliphatic rings. The van der Waals surface area contributed by atoms with Crippen LogP contribution in [0.25, 0.3) is 0 Å². The van der Waals surface area contributed by atoms with Gasteiger partial charge in [0.1, 0.15) is 0 Å². The van der Waals surface area contributed by atoms with Gasteiger partial charge in [0.25, 0.3) is 0 Å². The molecule has 1 rings (SSSR count). The Labute approximate surface area is 141 Å². The van der Waals surface area contributed by atoms with Crippen LogP contribution < -0.4 is 0 Å². The lowest BCUT2D eigenvalue weighted by atomic mass is 9.98. The Kier molecular flexibility index (Phi) is 13.5. The molecule has 0 amide bonds. The van der Waals surface area contributed by atoms with Crippen molar-refractivity contribution >= 4 is 23.5 Å². The molecule has 1 atom stereocenters. The van der Waals surface area contributed by atoms with Crippen LogP contribution in [-0.4, -0.2) is 12.0 Å². The van der Waals surface area contributed by atoms with E-state index in [9.17, 15) is 0 Å². The molecule has 0 N–H and O–H groups in total. The second-order valence-corrected chi connectivity index (χ2v) is 7.79. The van der Waals surface area contributed by atoms with Crippen LogP contribution in [0.2, 0.25) is 0 Å². The molecule has 0 saturated heterocycles. The van der Waals surface area contributed by atoms with Crippen molar-refractivity contribution < 1.29 is 0 Å². The van der Waals surface area contributed by atoms with Gasteiger partial charge in [-0.1, -0.05) is 53.9 Å². The van der Waals surface area contributed by atoms with Crippen molar-refractivity contribution in [1.29, 1.82) is 0 Å². The van der Waals surface area contributed by atoms with E-state index in [0.717, 1.165) is 11.8 Å². The Morgan fingerprint density at radius 1 is 0.857 bits per heavy atom. The smallest absolute Gasteiger partial charge is 0.00727 e. The van der Waals surface area contributed by atoms with Crippen molar-refractivity contribution in [1.82, 2.24) is 0 Å². The van der Waals surface area contributed by atoms with Gasteiger partial charge in [-0.15, -0.1) is 23.5 Å². The second-order valence-electron chi connectivity index (χ2n) is 5.74. The van der Waals surface area contributed by atoms with Crippen molar-refractivity contribution in [2.45, 2.75) is 70.1 Å². The van der Waals surface area contributed by atoms with E-state index < -0.39 is 0 Å². The molecule has 0 radical (unpaired) electrons. The Morgan fingerprint density at radius 2 is 1.43 bits per heavy atom. The van der Waals surface area contributed by atoms with E-state index in [1.165, 1.54) is 41.2 Å². The minimum atomic E-state index is 0.858. The molecule has 0 spiro atoms. The summed E-state index contributed by atoms with van der Waals surface area (Å²) >= 11 is 3.81. The number of hydrogen-bond acceptors (Lipinski definition) is 2. The molecule has 2 heteroatoms. The molecule has 0 aliphatic heterocycles. The lowest BCUT2D eigenvalue weighted by Crippen LogP contribution is -1.98. The first-order valence-electron chi connectivity index (χ1n) is 8.38. The van der Waals surface area contributed by atoms with Crippen LogP contribution in [0.5, 0.6) is 0 Å². The first-order chi connectivity index (χ1) is 10.1. The number of thioether (sulfide) groups is 2. The lowest BCUT2D eigenvalue weighted by Gasteiger charge is -2.12. The average molecular weight is 327 g/mol. The Bertz CT molecular complexity index is 330. The summed E-state index contributed by atoms with van der Waals surface area (Å²) in [4.78, 5) is 2.76. The maximum atomic E-state index is 2.40. The van der Waals surface area contributed by atoms with Crippen LogP contribution in [0.4, 0.5) is 0 Å². The van der Waals surface area contributed by atoms with Gasteiger partial charge in [0, 0.05) is 9.79 Å². The first-order valence-corrected chi connectivity index (χ1v) is 10.6. The maximum absolute atomic E-state index is 2.40. The lowest BCUT2D eigenvalue weighted by molar-refractivity contribution is 0.451. The van der Waals surface area contributed by atoms with E-state index >= 15 is 0 Å². The minimum Gasteiger partial charge on any atom is -0.130 e. The van der Waals surface area contributed by atoms with Crippen molar-refractivity contribution in [3.8, 4) is 0 Å². The predicted octanol–water partition coefficient (Wildman–Crippen LogP) is 7.38. The molecule has 0 saturated carbocycles. The second kappa shape index (κ2) is 13.6. The third kappa shape index (κ3) is 11.2. The van der Waals surface area contributed by atoms with E-state index in [-0.39, 0.29) is 0 Å². The number of benzene rings is 1. The highest BCUT2D eigenvalue weighted by atomic mass is 32.2. The zero-order valence-corrected chi connectivity index (χ0v) is 16.4. The highest BCUT2D eigenvalue weighted by Crippen LogP contribution is 2.25. The van der Waals surface area contributed by atoms with Crippen LogP contribution in [0.15, 0.2) is 34.1 Å². The predicted molar refractivity (Wildman–Crippen MR) is 103 cm³/mol. The fraction of sp³-hybridized carbons (Fsp3) is 0.684. The molecule has 0 nitrogen and oxygen atoms in total. The van der Waals surface area contributed by atoms with E-state index in [1.807, 2.05) is 37.4 Å². The monoisotopic (exact) mass is 326 g/mol. The Balaban J connectivity index is 0.00000191. The molecule has 1 aromatic carbocycles. The van der Waals surface area contributed by atoms with Crippen LogP contribution in [-0.2, 0) is 0 Å². The van der Waals surface area contributed by atoms with Crippen LogP contribution in [0.3, 0.4) is 0 Å². The van der Waals surface area contributed by atoms with Crippen molar-refractivity contribution in [2.75, 3.05) is 12.0 Å². The van der Waals surface area contributed by atoms with Gasteiger partial charge in [-0.05, 0) is 54.5 Å². The topological polar surface area (TPSA) is 0 Å². The third-order valence-electron chi connectivity index (χ3n) is 3.42. The molecular formula is C19H34S2. The minimum absolute atomic E-state index is 0.858. The third-order valence-corrected chi connectivity index (χ3v) is 5.21. The van der Waals surface area contributed by atoms with Gasteiger partial charge in [-0.2, -0.15) is 0 Å². The average Bonchev–Trinajstić information content (AvgIpc) is 2.49. The van der Waals surface area contributed by atoms with Crippen LogP contribution in [0.1, 0.15) is 60.3 Å². The highest BCUT2D eigenvalue weighted by Gasteiger charge is 2.04. The van der Waals surface area contributed by atoms with Gasteiger partial charge in [0.05, 0.1) is 0 Å². The van der Waals surface area contributed by atoms with E-state index in [2.05, 4.69) is 51.3 Å².